The van der Waals surface area contributed by atoms with Gasteiger partial charge >= 0.3 is 0 Å². The number of aryl methyl sites for hydroxylation is 1. The van der Waals surface area contributed by atoms with Crippen LogP contribution >= 0.6 is 0 Å². The number of rotatable bonds is 4. The molecule has 0 radical (unpaired) electrons. The summed E-state index contributed by atoms with van der Waals surface area (Å²) < 4.78 is 13.8. The Labute approximate surface area is 206 Å². The van der Waals surface area contributed by atoms with Crippen molar-refractivity contribution in [3.63, 3.8) is 0 Å². The van der Waals surface area contributed by atoms with Crippen molar-refractivity contribution in [2.24, 2.45) is 0 Å². The number of carbonyl (C=O) groups is 2. The minimum atomic E-state index is -1.15. The van der Waals surface area contributed by atoms with E-state index in [0.717, 1.165) is 5.56 Å². The zero-order valence-corrected chi connectivity index (χ0v) is 19.6. The average Bonchev–Trinajstić information content (AvgIpc) is 2.98. The van der Waals surface area contributed by atoms with E-state index in [1.807, 2.05) is 30.3 Å². The molecule has 2 heterocycles. The third-order valence-corrected chi connectivity index (χ3v) is 5.40. The molecule has 0 saturated carbocycles. The number of nitrogens with one attached hydrogen (secondary N) is 1. The van der Waals surface area contributed by atoms with Crippen LogP contribution in [-0.2, 0) is 11.2 Å². The number of aromatic nitrogens is 1. The first kappa shape index (κ1) is 22.6. The van der Waals surface area contributed by atoms with Crippen molar-refractivity contribution in [1.82, 2.24) is 10.3 Å². The van der Waals surface area contributed by atoms with E-state index in [2.05, 4.69) is 22.1 Å². The normalized spacial score (nSPS) is 15.7. The minimum Gasteiger partial charge on any atom is -0.457 e. The monoisotopic (exact) mass is 470 g/mol. The van der Waals surface area contributed by atoms with Crippen LogP contribution in [0, 0.1) is 11.8 Å². The lowest BCUT2D eigenvalue weighted by Crippen LogP contribution is -2.46. The number of amides is 2. The second-order valence-corrected chi connectivity index (χ2v) is 8.78. The number of nitrogens with zero attached hydrogens (tertiary/aromatic N) is 2. The van der Waals surface area contributed by atoms with Crippen molar-refractivity contribution in [2.45, 2.75) is 38.3 Å². The van der Waals surface area contributed by atoms with Crippen LogP contribution in [-0.4, -0.2) is 40.6 Å². The summed E-state index contributed by atoms with van der Waals surface area (Å²) in [6.07, 6.45) is 2.39. The van der Waals surface area contributed by atoms with Gasteiger partial charge in [0.2, 0.25) is 5.91 Å². The first-order chi connectivity index (χ1) is 17.2. The van der Waals surface area contributed by atoms with Crippen LogP contribution in [0.4, 0.5) is 5.69 Å². The van der Waals surface area contributed by atoms with Crippen LogP contribution in [0.2, 0.25) is 0 Å². The number of para-hydroxylation sites is 1. The quantitative estimate of drug-likeness (QED) is 0.568. The molecule has 0 bridgehead atoms. The van der Waals surface area contributed by atoms with E-state index in [4.69, 9.17) is 6.11 Å². The largest absolute Gasteiger partial charge is 0.457 e. The Morgan fingerprint density at radius 2 is 2.00 bits per heavy atom. The van der Waals surface area contributed by atoms with Crippen LogP contribution < -0.4 is 15.0 Å². The Hall–Kier alpha value is -4.15. The number of anilines is 1. The Morgan fingerprint density at radius 3 is 2.74 bits per heavy atom. The molecule has 7 heteroatoms. The Kier molecular flexibility index (Phi) is 6.47. The number of carbonyl (C=O) groups excluding carboxylic acids is 2. The van der Waals surface area contributed by atoms with E-state index in [-0.39, 0.29) is 18.6 Å². The summed E-state index contributed by atoms with van der Waals surface area (Å²) in [6.45, 7) is 3.18. The molecule has 1 aliphatic rings. The van der Waals surface area contributed by atoms with Crippen molar-refractivity contribution in [1.29, 1.82) is 0 Å². The number of fused-ring (bicyclic) bond motifs is 1. The van der Waals surface area contributed by atoms with Crippen molar-refractivity contribution in [2.75, 3.05) is 11.9 Å². The molecule has 7 nitrogen and oxygen atoms in total. The first-order valence-electron chi connectivity index (χ1n) is 11.9. The highest BCUT2D eigenvalue weighted by molar-refractivity contribution is 6.02. The molecule has 1 unspecified atom stereocenters. The maximum absolute atomic E-state index is 13.3. The summed E-state index contributed by atoms with van der Waals surface area (Å²) in [6, 6.07) is 17.0. The van der Waals surface area contributed by atoms with Crippen molar-refractivity contribution in [3.8, 4) is 23.3 Å². The van der Waals surface area contributed by atoms with Crippen LogP contribution in [0.1, 0.15) is 43.3 Å². The number of benzene rings is 2. The van der Waals surface area contributed by atoms with E-state index in [1.54, 1.807) is 38.1 Å². The highest BCUT2D eigenvalue weighted by Gasteiger charge is 2.30. The number of likely N-dealkylation sites (N-methyl/N-ethyl adjacent to an activating group) is 1. The van der Waals surface area contributed by atoms with Crippen molar-refractivity contribution in [3.05, 3.63) is 83.7 Å². The van der Waals surface area contributed by atoms with E-state index in [0.29, 0.717) is 35.6 Å². The van der Waals surface area contributed by atoms with Crippen LogP contribution in [0.25, 0.3) is 0 Å². The third kappa shape index (κ3) is 6.05. The molecule has 4 rings (SSSR count). The topological polar surface area (TPSA) is 91.8 Å². The molecule has 35 heavy (non-hydrogen) atoms. The number of hydrogen-bond acceptors (Lipinski definition) is 5. The Bertz CT molecular complexity index is 1330. The lowest BCUT2D eigenvalue weighted by Gasteiger charge is -2.22. The maximum Gasteiger partial charge on any atom is 0.270 e. The van der Waals surface area contributed by atoms with E-state index in [9.17, 15) is 14.7 Å². The van der Waals surface area contributed by atoms with Gasteiger partial charge in [-0.25, -0.2) is 0 Å². The summed E-state index contributed by atoms with van der Waals surface area (Å²) in [5.74, 6) is 5.88. The zero-order valence-electron chi connectivity index (χ0n) is 20.6. The summed E-state index contributed by atoms with van der Waals surface area (Å²) in [7, 11) is -0.306. The number of hydrogen-bond donors (Lipinski definition) is 2. The van der Waals surface area contributed by atoms with Gasteiger partial charge in [-0.05, 0) is 62.6 Å². The lowest BCUT2D eigenvalue weighted by molar-refractivity contribution is -0.120. The van der Waals surface area contributed by atoms with E-state index in [1.165, 1.54) is 17.2 Å². The van der Waals surface area contributed by atoms with Gasteiger partial charge in [0, 0.05) is 31.9 Å². The van der Waals surface area contributed by atoms with Gasteiger partial charge in [0.15, 0.2) is 0 Å². The van der Waals surface area contributed by atoms with Crippen LogP contribution in [0.3, 0.4) is 0 Å². The molecule has 1 aliphatic heterocycles. The summed E-state index contributed by atoms with van der Waals surface area (Å²) >= 11 is 0. The van der Waals surface area contributed by atoms with Crippen molar-refractivity contribution >= 4 is 17.5 Å². The lowest BCUT2D eigenvalue weighted by atomic mass is 10.0. The van der Waals surface area contributed by atoms with Gasteiger partial charge in [-0.15, -0.1) is 0 Å². The number of pyridine rings is 1. The average molecular weight is 471 g/mol. The standard InChI is InChI=1S/C28H27N3O4/c1-28(2,34)15-13-19-9-10-20-11-12-23(27(33)31(3)25(20)17-19)30-26(32)24-18-22(14-16-29-24)35-21-7-5-4-6-8-21/h4-10,14,16-18,23,34H,11-12H2,1-3H3,(H,30,32)/i3D. The van der Waals surface area contributed by atoms with Gasteiger partial charge in [-0.1, -0.05) is 36.1 Å². The van der Waals surface area contributed by atoms with E-state index < -0.39 is 17.6 Å². The molecular weight excluding hydrogens is 442 g/mol. The summed E-state index contributed by atoms with van der Waals surface area (Å²) in [5, 5.41) is 12.7. The first-order valence-corrected chi connectivity index (χ1v) is 11.2. The van der Waals surface area contributed by atoms with Gasteiger partial charge < -0.3 is 20.1 Å². The predicted octanol–water partition coefficient (Wildman–Crippen LogP) is 3.70. The fourth-order valence-electron chi connectivity index (χ4n) is 3.65. The minimum absolute atomic E-state index is 0.125. The molecule has 0 aliphatic carbocycles. The molecule has 1 atom stereocenters. The molecular formula is C28H27N3O4. The van der Waals surface area contributed by atoms with Gasteiger partial charge in [0.05, 0.1) is 0 Å². The summed E-state index contributed by atoms with van der Waals surface area (Å²) in [4.78, 5) is 31.8. The van der Waals surface area contributed by atoms with Crippen LogP contribution in [0.5, 0.6) is 11.5 Å². The van der Waals surface area contributed by atoms with Gasteiger partial charge in [0.1, 0.15) is 28.8 Å². The number of ether oxygens (including phenoxy) is 1. The van der Waals surface area contributed by atoms with Gasteiger partial charge in [0.25, 0.3) is 5.91 Å². The van der Waals surface area contributed by atoms with Gasteiger partial charge in [-0.3, -0.25) is 14.6 Å². The molecule has 1 aromatic heterocycles. The SMILES string of the molecule is [2H]CN1C(=O)C(NC(=O)c2cc(Oc3ccccc3)ccn2)CCc2ccc(C#CC(C)(C)O)cc21. The highest BCUT2D eigenvalue weighted by Crippen LogP contribution is 2.28. The fraction of sp³-hybridized carbons (Fsp3) is 0.250. The predicted molar refractivity (Wildman–Crippen MR) is 133 cm³/mol. The van der Waals surface area contributed by atoms with Gasteiger partial charge in [-0.2, -0.15) is 0 Å². The third-order valence-electron chi connectivity index (χ3n) is 5.40. The second-order valence-electron chi connectivity index (χ2n) is 8.78. The molecule has 178 valence electrons. The number of aliphatic hydroxyl groups is 1. The zero-order chi connectivity index (χ0) is 25.7. The molecule has 2 amide bonds. The maximum atomic E-state index is 13.3. The molecule has 0 saturated heterocycles. The smallest absolute Gasteiger partial charge is 0.270 e. The molecule has 0 fully saturated rings. The van der Waals surface area contributed by atoms with Crippen LogP contribution in [0.15, 0.2) is 66.9 Å². The summed E-state index contributed by atoms with van der Waals surface area (Å²) in [5.41, 5.74) is 1.08. The Balaban J connectivity index is 1.51. The molecule has 0 spiro atoms. The molecule has 3 aromatic rings. The fourth-order valence-corrected chi connectivity index (χ4v) is 3.65. The van der Waals surface area contributed by atoms with Crippen molar-refractivity contribution < 1.29 is 20.8 Å². The molecule has 2 aromatic carbocycles. The second kappa shape index (κ2) is 10.00. The van der Waals surface area contributed by atoms with E-state index >= 15 is 0 Å². The molecule has 2 N–H and O–H groups in total. The Morgan fingerprint density at radius 1 is 1.20 bits per heavy atom. The highest BCUT2D eigenvalue weighted by atomic mass is 16.5.